The first-order valence-corrected chi connectivity index (χ1v) is 5.99. The van der Waals surface area contributed by atoms with E-state index in [0.29, 0.717) is 11.4 Å². The predicted octanol–water partition coefficient (Wildman–Crippen LogP) is 2.19. The molecule has 0 fully saturated rings. The Morgan fingerprint density at radius 3 is 2.90 bits per heavy atom. The number of hydrogen-bond acceptors (Lipinski definition) is 7. The Kier molecular flexibility index (Phi) is 4.09. The van der Waals surface area contributed by atoms with Crippen LogP contribution in [0.2, 0.25) is 0 Å². The Hall–Kier alpha value is -2.70. The molecule has 106 valence electrons. The Bertz CT molecular complexity index is 609. The molecule has 7 nitrogen and oxygen atoms in total. The predicted molar refractivity (Wildman–Crippen MR) is 73.1 cm³/mol. The summed E-state index contributed by atoms with van der Waals surface area (Å²) in [6.45, 7) is 1.94. The van der Waals surface area contributed by atoms with E-state index in [1.54, 1.807) is 26.2 Å². The molecule has 0 aliphatic rings. The van der Waals surface area contributed by atoms with Gasteiger partial charge in [-0.15, -0.1) is 0 Å². The van der Waals surface area contributed by atoms with Crippen LogP contribution in [-0.2, 0) is 4.74 Å². The number of hydrogen-bond donors (Lipinski definition) is 2. The van der Waals surface area contributed by atoms with Crippen LogP contribution < -0.4 is 15.8 Å². The highest BCUT2D eigenvalue weighted by molar-refractivity contribution is 5.99. The fourth-order valence-corrected chi connectivity index (χ4v) is 1.66. The molecule has 0 saturated carbocycles. The molecule has 0 bridgehead atoms. The molecular weight excluding hydrogens is 262 g/mol. The summed E-state index contributed by atoms with van der Waals surface area (Å²) in [6.07, 6.45) is 0. The maximum Gasteiger partial charge on any atom is 0.347 e. The zero-order chi connectivity index (χ0) is 14.5. The van der Waals surface area contributed by atoms with E-state index in [1.165, 1.54) is 0 Å². The number of nitrogens with two attached hydrogens (primary N) is 1. The molecular formula is C13H15N3O4. The summed E-state index contributed by atoms with van der Waals surface area (Å²) < 4.78 is 14.9. The Labute approximate surface area is 115 Å². The molecule has 0 atom stereocenters. The molecule has 0 aliphatic heterocycles. The lowest BCUT2D eigenvalue weighted by molar-refractivity contribution is 0.0528. The van der Waals surface area contributed by atoms with E-state index in [0.717, 1.165) is 0 Å². The van der Waals surface area contributed by atoms with Crippen molar-refractivity contribution in [3.8, 4) is 5.75 Å². The van der Waals surface area contributed by atoms with E-state index < -0.39 is 5.97 Å². The first-order chi connectivity index (χ1) is 9.67. The van der Waals surface area contributed by atoms with Crippen LogP contribution in [0.3, 0.4) is 0 Å². The molecule has 2 rings (SSSR count). The number of para-hydroxylation sites is 2. The van der Waals surface area contributed by atoms with Gasteiger partial charge in [0.05, 0.1) is 19.4 Å². The zero-order valence-corrected chi connectivity index (χ0v) is 11.2. The van der Waals surface area contributed by atoms with Gasteiger partial charge in [-0.1, -0.05) is 17.3 Å². The van der Waals surface area contributed by atoms with E-state index in [1.807, 2.05) is 12.1 Å². The van der Waals surface area contributed by atoms with Crippen LogP contribution in [0.1, 0.15) is 17.3 Å². The Balaban J connectivity index is 2.32. The van der Waals surface area contributed by atoms with Gasteiger partial charge < -0.3 is 25.0 Å². The summed E-state index contributed by atoms with van der Waals surface area (Å²) in [6, 6.07) is 7.19. The summed E-state index contributed by atoms with van der Waals surface area (Å²) in [4.78, 5) is 11.8. The molecule has 0 amide bonds. The van der Waals surface area contributed by atoms with Crippen molar-refractivity contribution in [2.45, 2.75) is 6.92 Å². The van der Waals surface area contributed by atoms with Crippen LogP contribution in [-0.4, -0.2) is 24.8 Å². The quantitative estimate of drug-likeness (QED) is 0.808. The van der Waals surface area contributed by atoms with Gasteiger partial charge in [-0.2, -0.15) is 0 Å². The minimum Gasteiger partial charge on any atom is -0.495 e. The summed E-state index contributed by atoms with van der Waals surface area (Å²) in [5, 5.41) is 6.66. The van der Waals surface area contributed by atoms with Gasteiger partial charge in [-0.25, -0.2) is 4.79 Å². The number of nitrogen functional groups attached to an aromatic ring is 1. The standard InChI is InChI=1S/C13H15N3O4/c1-3-19-13(17)10-11(14)20-16-12(10)15-8-6-4-5-7-9(8)18-2/h4-7H,3,14H2,1-2H3,(H,15,16). The number of aromatic nitrogens is 1. The van der Waals surface area contributed by atoms with Crippen molar-refractivity contribution >= 4 is 23.4 Å². The van der Waals surface area contributed by atoms with Crippen molar-refractivity contribution < 1.29 is 18.8 Å². The minimum atomic E-state index is -0.594. The normalized spacial score (nSPS) is 10.1. The topological polar surface area (TPSA) is 99.6 Å². The van der Waals surface area contributed by atoms with E-state index >= 15 is 0 Å². The van der Waals surface area contributed by atoms with Crippen molar-refractivity contribution in [1.29, 1.82) is 0 Å². The second-order valence-electron chi connectivity index (χ2n) is 3.82. The van der Waals surface area contributed by atoms with Gasteiger partial charge in [-0.3, -0.25) is 0 Å². The monoisotopic (exact) mass is 277 g/mol. The molecule has 7 heteroatoms. The molecule has 1 aromatic heterocycles. The number of esters is 1. The largest absolute Gasteiger partial charge is 0.495 e. The maximum absolute atomic E-state index is 11.8. The number of carbonyl (C=O) groups is 1. The van der Waals surface area contributed by atoms with Gasteiger partial charge >= 0.3 is 5.97 Å². The van der Waals surface area contributed by atoms with Crippen LogP contribution >= 0.6 is 0 Å². The maximum atomic E-state index is 11.8. The lowest BCUT2D eigenvalue weighted by Crippen LogP contribution is -2.09. The van der Waals surface area contributed by atoms with E-state index in [4.69, 9.17) is 19.7 Å². The molecule has 0 radical (unpaired) electrons. The van der Waals surface area contributed by atoms with Crippen molar-refractivity contribution in [2.24, 2.45) is 0 Å². The third kappa shape index (κ3) is 2.66. The van der Waals surface area contributed by atoms with Crippen molar-refractivity contribution in [2.75, 3.05) is 24.8 Å². The zero-order valence-electron chi connectivity index (χ0n) is 11.2. The summed E-state index contributed by atoms with van der Waals surface area (Å²) in [5.41, 5.74) is 6.30. The third-order valence-corrected chi connectivity index (χ3v) is 2.56. The van der Waals surface area contributed by atoms with E-state index in [-0.39, 0.29) is 23.9 Å². The number of benzene rings is 1. The molecule has 20 heavy (non-hydrogen) atoms. The van der Waals surface area contributed by atoms with Crippen LogP contribution in [0.5, 0.6) is 5.75 Å². The van der Waals surface area contributed by atoms with Gasteiger partial charge in [-0.05, 0) is 19.1 Å². The fraction of sp³-hybridized carbons (Fsp3) is 0.231. The number of methoxy groups -OCH3 is 1. The highest BCUT2D eigenvalue weighted by atomic mass is 16.5. The van der Waals surface area contributed by atoms with Crippen LogP contribution in [0.15, 0.2) is 28.8 Å². The van der Waals surface area contributed by atoms with Gasteiger partial charge in [0, 0.05) is 0 Å². The molecule has 2 aromatic rings. The van der Waals surface area contributed by atoms with Crippen molar-refractivity contribution in [1.82, 2.24) is 5.16 Å². The first-order valence-electron chi connectivity index (χ1n) is 5.99. The van der Waals surface area contributed by atoms with E-state index in [9.17, 15) is 4.79 Å². The molecule has 0 saturated heterocycles. The highest BCUT2D eigenvalue weighted by Crippen LogP contribution is 2.30. The average Bonchev–Trinajstić information content (AvgIpc) is 2.80. The Morgan fingerprint density at radius 1 is 1.45 bits per heavy atom. The van der Waals surface area contributed by atoms with Crippen molar-refractivity contribution in [3.05, 3.63) is 29.8 Å². The van der Waals surface area contributed by atoms with Gasteiger partial charge in [0.25, 0.3) is 0 Å². The van der Waals surface area contributed by atoms with Crippen LogP contribution in [0, 0.1) is 0 Å². The third-order valence-electron chi connectivity index (χ3n) is 2.56. The lowest BCUT2D eigenvalue weighted by atomic mass is 10.2. The molecule has 1 aromatic carbocycles. The summed E-state index contributed by atoms with van der Waals surface area (Å²) in [5.74, 6) is 0.0961. The molecule has 0 aliphatic carbocycles. The lowest BCUT2D eigenvalue weighted by Gasteiger charge is -2.09. The number of ether oxygens (including phenoxy) is 2. The number of nitrogens with zero attached hydrogens (tertiary/aromatic N) is 1. The molecule has 0 spiro atoms. The summed E-state index contributed by atoms with van der Waals surface area (Å²) in [7, 11) is 1.55. The molecule has 3 N–H and O–H groups in total. The number of carbonyl (C=O) groups excluding carboxylic acids is 1. The highest BCUT2D eigenvalue weighted by Gasteiger charge is 2.23. The smallest absolute Gasteiger partial charge is 0.347 e. The second-order valence-corrected chi connectivity index (χ2v) is 3.82. The van der Waals surface area contributed by atoms with Crippen molar-refractivity contribution in [3.63, 3.8) is 0 Å². The number of nitrogens with one attached hydrogen (secondary N) is 1. The Morgan fingerprint density at radius 2 is 2.20 bits per heavy atom. The number of anilines is 3. The summed E-state index contributed by atoms with van der Waals surface area (Å²) >= 11 is 0. The van der Waals surface area contributed by atoms with Crippen LogP contribution in [0.25, 0.3) is 0 Å². The molecule has 0 unspecified atom stereocenters. The second kappa shape index (κ2) is 5.96. The van der Waals surface area contributed by atoms with Gasteiger partial charge in [0.15, 0.2) is 11.4 Å². The first kappa shape index (κ1) is 13.7. The molecule has 1 heterocycles. The van der Waals surface area contributed by atoms with E-state index in [2.05, 4.69) is 10.5 Å². The number of rotatable bonds is 5. The SMILES string of the molecule is CCOC(=O)c1c(Nc2ccccc2OC)noc1N. The van der Waals surface area contributed by atoms with Gasteiger partial charge in [0.1, 0.15) is 5.75 Å². The van der Waals surface area contributed by atoms with Gasteiger partial charge in [0.2, 0.25) is 5.88 Å². The van der Waals surface area contributed by atoms with Crippen LogP contribution in [0.4, 0.5) is 17.4 Å². The fourth-order valence-electron chi connectivity index (χ4n) is 1.66. The minimum absolute atomic E-state index is 0.0674. The average molecular weight is 277 g/mol.